The number of nitrogens with one attached hydrogen (secondary N) is 1. The average molecular weight is 323 g/mol. The summed E-state index contributed by atoms with van der Waals surface area (Å²) in [6.45, 7) is 3.99. The van der Waals surface area contributed by atoms with Gasteiger partial charge in [0.05, 0.1) is 13.2 Å². The van der Waals surface area contributed by atoms with Crippen LogP contribution in [0, 0.1) is 6.92 Å². The zero-order valence-corrected chi connectivity index (χ0v) is 13.1. The highest BCUT2D eigenvalue weighted by atomic mass is 16.6. The molecule has 1 aromatic heterocycles. The summed E-state index contributed by atoms with van der Waals surface area (Å²) >= 11 is 0. The van der Waals surface area contributed by atoms with Crippen molar-refractivity contribution < 1.29 is 24.2 Å². The Labute approximate surface area is 133 Å². The number of carbonyl (C=O) groups is 2. The van der Waals surface area contributed by atoms with Crippen LogP contribution < -0.4 is 0 Å². The topological polar surface area (TPSA) is 105 Å². The van der Waals surface area contributed by atoms with E-state index < -0.39 is 5.97 Å². The number of piperidine rings is 1. The highest BCUT2D eigenvalue weighted by Crippen LogP contribution is 2.27. The summed E-state index contributed by atoms with van der Waals surface area (Å²) < 4.78 is 10.6. The van der Waals surface area contributed by atoms with E-state index in [2.05, 4.69) is 9.97 Å². The van der Waals surface area contributed by atoms with Crippen LogP contribution in [-0.2, 0) is 9.47 Å². The molecule has 2 N–H and O–H groups in total. The first kappa shape index (κ1) is 15.8. The summed E-state index contributed by atoms with van der Waals surface area (Å²) in [5.41, 5.74) is 0.638. The fraction of sp³-hybridized carbons (Fsp3) is 0.667. The number of H-pyrrole nitrogens is 1. The molecule has 2 aliphatic heterocycles. The number of carboxylic acids is 1. The molecule has 0 radical (unpaired) electrons. The van der Waals surface area contributed by atoms with E-state index in [0.717, 1.165) is 19.3 Å². The first-order chi connectivity index (χ1) is 11.0. The van der Waals surface area contributed by atoms with E-state index in [-0.39, 0.29) is 23.8 Å². The van der Waals surface area contributed by atoms with Gasteiger partial charge in [-0.3, -0.25) is 0 Å². The lowest BCUT2D eigenvalue weighted by Gasteiger charge is -2.31. The van der Waals surface area contributed by atoms with Crippen molar-refractivity contribution in [1.29, 1.82) is 0 Å². The third kappa shape index (κ3) is 3.47. The Balaban J connectivity index is 1.54. The Morgan fingerprint density at radius 3 is 2.65 bits per heavy atom. The minimum absolute atomic E-state index is 0.0723. The number of nitrogens with zero attached hydrogens (tertiary/aromatic N) is 2. The van der Waals surface area contributed by atoms with Gasteiger partial charge in [-0.25, -0.2) is 14.6 Å². The number of rotatable bonds is 3. The molecule has 0 aromatic carbocycles. The molecule has 2 aliphatic rings. The monoisotopic (exact) mass is 323 g/mol. The van der Waals surface area contributed by atoms with Crippen LogP contribution in [0.5, 0.6) is 0 Å². The Kier molecular flexibility index (Phi) is 4.51. The van der Waals surface area contributed by atoms with Crippen molar-refractivity contribution in [3.63, 3.8) is 0 Å². The summed E-state index contributed by atoms with van der Waals surface area (Å²) in [4.78, 5) is 32.1. The maximum Gasteiger partial charge on any atom is 0.410 e. The van der Waals surface area contributed by atoms with Gasteiger partial charge in [0.2, 0.25) is 0 Å². The van der Waals surface area contributed by atoms with Gasteiger partial charge in [0, 0.05) is 31.1 Å². The summed E-state index contributed by atoms with van der Waals surface area (Å²) in [5, 5.41) is 9.07. The number of likely N-dealkylation sites (tertiary alicyclic amines) is 1. The molecule has 3 heterocycles. The minimum Gasteiger partial charge on any atom is -0.476 e. The van der Waals surface area contributed by atoms with Gasteiger partial charge in [-0.05, 0) is 19.8 Å². The number of aromatic carboxylic acids is 1. The predicted octanol–water partition coefficient (Wildman–Crippen LogP) is 1.52. The van der Waals surface area contributed by atoms with Gasteiger partial charge in [0.25, 0.3) is 0 Å². The molecule has 0 spiro atoms. The molecule has 0 bridgehead atoms. The van der Waals surface area contributed by atoms with Crippen molar-refractivity contribution in [2.45, 2.75) is 38.2 Å². The molecule has 2 fully saturated rings. The molecule has 23 heavy (non-hydrogen) atoms. The quantitative estimate of drug-likeness (QED) is 0.874. The fourth-order valence-electron chi connectivity index (χ4n) is 3.04. The third-order valence-corrected chi connectivity index (χ3v) is 4.40. The number of ether oxygens (including phenoxy) is 2. The van der Waals surface area contributed by atoms with Crippen molar-refractivity contribution in [2.75, 3.05) is 26.3 Å². The van der Waals surface area contributed by atoms with Crippen LogP contribution in [0.2, 0.25) is 0 Å². The minimum atomic E-state index is -1.02. The Bertz CT molecular complexity index is 586. The molecule has 0 aliphatic carbocycles. The molecular weight excluding hydrogens is 302 g/mol. The van der Waals surface area contributed by atoms with Gasteiger partial charge >= 0.3 is 12.1 Å². The number of imidazole rings is 1. The standard InChI is InChI=1S/C15H21N3O5/c1-9-12(14(19)20)17-13(16-9)10-2-5-18(6-3-10)15(21)23-11-4-7-22-8-11/h10-11H,2-8H2,1H3,(H,16,17)(H,19,20). The van der Waals surface area contributed by atoms with E-state index in [0.29, 0.717) is 37.8 Å². The van der Waals surface area contributed by atoms with Crippen LogP contribution in [0.1, 0.15) is 47.2 Å². The second-order valence-corrected chi connectivity index (χ2v) is 6.03. The van der Waals surface area contributed by atoms with Crippen molar-refractivity contribution in [2.24, 2.45) is 0 Å². The van der Waals surface area contributed by atoms with E-state index in [1.807, 2.05) is 0 Å². The number of aromatic nitrogens is 2. The summed E-state index contributed by atoms with van der Waals surface area (Å²) in [5.74, 6) is -0.192. The van der Waals surface area contributed by atoms with Gasteiger partial charge in [0.1, 0.15) is 11.9 Å². The molecule has 8 nitrogen and oxygen atoms in total. The van der Waals surface area contributed by atoms with Gasteiger partial charge < -0.3 is 24.5 Å². The highest BCUT2D eigenvalue weighted by molar-refractivity contribution is 5.86. The lowest BCUT2D eigenvalue weighted by Crippen LogP contribution is -2.40. The third-order valence-electron chi connectivity index (χ3n) is 4.40. The summed E-state index contributed by atoms with van der Waals surface area (Å²) in [6.07, 6.45) is 1.81. The van der Waals surface area contributed by atoms with E-state index in [9.17, 15) is 9.59 Å². The number of amides is 1. The first-order valence-electron chi connectivity index (χ1n) is 7.87. The number of carbonyl (C=O) groups excluding carboxylic acids is 1. The van der Waals surface area contributed by atoms with Gasteiger partial charge in [-0.2, -0.15) is 0 Å². The molecule has 3 rings (SSSR count). The van der Waals surface area contributed by atoms with Crippen molar-refractivity contribution in [3.8, 4) is 0 Å². The molecule has 1 atom stereocenters. The Morgan fingerprint density at radius 2 is 2.09 bits per heavy atom. The first-order valence-corrected chi connectivity index (χ1v) is 7.87. The smallest absolute Gasteiger partial charge is 0.410 e. The number of hydrogen-bond donors (Lipinski definition) is 2. The second-order valence-electron chi connectivity index (χ2n) is 6.03. The van der Waals surface area contributed by atoms with E-state index in [4.69, 9.17) is 14.6 Å². The number of hydrogen-bond acceptors (Lipinski definition) is 5. The average Bonchev–Trinajstić information content (AvgIpc) is 3.17. The largest absolute Gasteiger partial charge is 0.476 e. The SMILES string of the molecule is Cc1[nH]c(C2CCN(C(=O)OC3CCOC3)CC2)nc1C(=O)O. The van der Waals surface area contributed by atoms with Crippen LogP contribution in [0.15, 0.2) is 0 Å². The van der Waals surface area contributed by atoms with E-state index in [1.54, 1.807) is 11.8 Å². The zero-order chi connectivity index (χ0) is 16.4. The fourth-order valence-corrected chi connectivity index (χ4v) is 3.04. The molecule has 126 valence electrons. The predicted molar refractivity (Wildman–Crippen MR) is 79.5 cm³/mol. The number of aromatic amines is 1. The number of aryl methyl sites for hydroxylation is 1. The Hall–Kier alpha value is -2.09. The molecule has 1 amide bonds. The van der Waals surface area contributed by atoms with E-state index >= 15 is 0 Å². The maximum atomic E-state index is 12.1. The van der Waals surface area contributed by atoms with Crippen LogP contribution >= 0.6 is 0 Å². The van der Waals surface area contributed by atoms with E-state index in [1.165, 1.54) is 0 Å². The van der Waals surface area contributed by atoms with Crippen molar-refractivity contribution >= 4 is 12.1 Å². The molecule has 0 saturated carbocycles. The van der Waals surface area contributed by atoms with Crippen LogP contribution in [-0.4, -0.2) is 64.4 Å². The molecular formula is C15H21N3O5. The van der Waals surface area contributed by atoms with Crippen molar-refractivity contribution in [1.82, 2.24) is 14.9 Å². The van der Waals surface area contributed by atoms with Gasteiger partial charge in [-0.15, -0.1) is 0 Å². The van der Waals surface area contributed by atoms with Gasteiger partial charge in [-0.1, -0.05) is 0 Å². The maximum absolute atomic E-state index is 12.1. The lowest BCUT2D eigenvalue weighted by molar-refractivity contribution is 0.0488. The van der Waals surface area contributed by atoms with Gasteiger partial charge in [0.15, 0.2) is 5.69 Å². The second kappa shape index (κ2) is 6.57. The molecule has 1 unspecified atom stereocenters. The Morgan fingerprint density at radius 1 is 1.35 bits per heavy atom. The normalized spacial score (nSPS) is 22.3. The lowest BCUT2D eigenvalue weighted by atomic mass is 9.96. The molecule has 8 heteroatoms. The zero-order valence-electron chi connectivity index (χ0n) is 13.1. The summed E-state index contributed by atoms with van der Waals surface area (Å²) in [6, 6.07) is 0. The van der Waals surface area contributed by atoms with Crippen LogP contribution in [0.4, 0.5) is 4.79 Å². The highest BCUT2D eigenvalue weighted by Gasteiger charge is 2.29. The van der Waals surface area contributed by atoms with Crippen LogP contribution in [0.25, 0.3) is 0 Å². The number of carboxylic acid groups (broad SMARTS) is 1. The van der Waals surface area contributed by atoms with Crippen molar-refractivity contribution in [3.05, 3.63) is 17.2 Å². The van der Waals surface area contributed by atoms with Crippen LogP contribution in [0.3, 0.4) is 0 Å². The summed E-state index contributed by atoms with van der Waals surface area (Å²) in [7, 11) is 0. The molecule has 1 aromatic rings. The molecule has 2 saturated heterocycles.